The average molecular weight is 371 g/mol. The summed E-state index contributed by atoms with van der Waals surface area (Å²) in [5, 5.41) is 3.50. The quantitative estimate of drug-likeness (QED) is 0.444. The summed E-state index contributed by atoms with van der Waals surface area (Å²) in [6.07, 6.45) is 6.29. The zero-order valence-electron chi connectivity index (χ0n) is 15.8. The maximum absolute atomic E-state index is 4.78. The van der Waals surface area contributed by atoms with E-state index in [1.165, 1.54) is 20.9 Å². The molecule has 0 fully saturated rings. The summed E-state index contributed by atoms with van der Waals surface area (Å²) in [7, 11) is 0. The lowest BCUT2D eigenvalue weighted by Gasteiger charge is -2.12. The molecule has 2 aromatic rings. The third-order valence-electron chi connectivity index (χ3n) is 3.75. The molecular formula is C21H26N2S2. The second-order valence-corrected chi connectivity index (χ2v) is 7.78. The fourth-order valence-electron chi connectivity index (χ4n) is 2.56. The van der Waals surface area contributed by atoms with Crippen molar-refractivity contribution in [1.82, 2.24) is 0 Å². The largest absolute Gasteiger partial charge is 0.358 e. The number of hydrogen-bond donors (Lipinski definition) is 1. The zero-order valence-corrected chi connectivity index (χ0v) is 17.4. The molecule has 0 atom stereocenters. The molecular weight excluding hydrogens is 344 g/mol. The molecule has 0 saturated heterocycles. The van der Waals surface area contributed by atoms with Gasteiger partial charge in [0.1, 0.15) is 0 Å². The van der Waals surface area contributed by atoms with Crippen molar-refractivity contribution < 1.29 is 0 Å². The van der Waals surface area contributed by atoms with Crippen molar-refractivity contribution in [1.29, 1.82) is 0 Å². The number of hydrogen-bond acceptors (Lipinski definition) is 4. The Labute approximate surface area is 160 Å². The normalized spacial score (nSPS) is 12.4. The van der Waals surface area contributed by atoms with Gasteiger partial charge in [-0.2, -0.15) is 0 Å². The van der Waals surface area contributed by atoms with E-state index >= 15 is 0 Å². The number of nitrogens with zero attached hydrogens (tertiary/aromatic N) is 1. The standard InChI is InChI=1S/C21H26N2S2/c1-14-7-9-18(20(11-14)24-5)22-16(3)13-17(4)23-19-10-8-15(2)12-21(19)25-6/h7-13,22H,1-6H3/b16-13-,23-17?. The van der Waals surface area contributed by atoms with Gasteiger partial charge in [-0.1, -0.05) is 12.1 Å². The highest BCUT2D eigenvalue weighted by molar-refractivity contribution is 7.99. The predicted octanol–water partition coefficient (Wildman–Crippen LogP) is 6.86. The average Bonchev–Trinajstić information content (AvgIpc) is 2.57. The van der Waals surface area contributed by atoms with Gasteiger partial charge in [-0.25, -0.2) is 0 Å². The minimum absolute atomic E-state index is 0.988. The lowest BCUT2D eigenvalue weighted by molar-refractivity contribution is 1.29. The third kappa shape index (κ3) is 5.68. The van der Waals surface area contributed by atoms with Gasteiger partial charge in [0.05, 0.1) is 11.4 Å². The fraction of sp³-hybridized carbons (Fsp3) is 0.286. The highest BCUT2D eigenvalue weighted by atomic mass is 32.2. The number of allylic oxidation sites excluding steroid dienone is 2. The van der Waals surface area contributed by atoms with E-state index in [1.807, 2.05) is 6.92 Å². The van der Waals surface area contributed by atoms with Crippen molar-refractivity contribution in [3.05, 3.63) is 59.3 Å². The minimum Gasteiger partial charge on any atom is -0.358 e. The first-order valence-electron chi connectivity index (χ1n) is 8.23. The highest BCUT2D eigenvalue weighted by Gasteiger charge is 2.03. The maximum atomic E-state index is 4.78. The topological polar surface area (TPSA) is 24.4 Å². The summed E-state index contributed by atoms with van der Waals surface area (Å²) >= 11 is 3.49. The van der Waals surface area contributed by atoms with E-state index < -0.39 is 0 Å². The molecule has 0 aromatic heterocycles. The number of benzene rings is 2. The zero-order chi connectivity index (χ0) is 18.4. The SMILES string of the molecule is CSc1cc(C)ccc1N=C(C)/C=C(/C)Nc1ccc(C)cc1SC. The van der Waals surface area contributed by atoms with Crippen LogP contribution in [0, 0.1) is 13.8 Å². The van der Waals surface area contributed by atoms with Crippen LogP contribution in [0.1, 0.15) is 25.0 Å². The summed E-state index contributed by atoms with van der Waals surface area (Å²) in [5.74, 6) is 0. The Morgan fingerprint density at radius 2 is 1.52 bits per heavy atom. The molecule has 1 N–H and O–H groups in total. The van der Waals surface area contributed by atoms with Crippen LogP contribution in [-0.2, 0) is 0 Å². The van der Waals surface area contributed by atoms with Crippen molar-refractivity contribution in [2.24, 2.45) is 4.99 Å². The molecule has 0 aliphatic rings. The summed E-state index contributed by atoms with van der Waals surface area (Å²) in [6.45, 7) is 8.35. The summed E-state index contributed by atoms with van der Waals surface area (Å²) < 4.78 is 0. The van der Waals surface area contributed by atoms with Crippen LogP contribution in [0.15, 0.2) is 63.0 Å². The molecule has 2 nitrogen and oxygen atoms in total. The summed E-state index contributed by atoms with van der Waals surface area (Å²) in [4.78, 5) is 7.25. The molecule has 4 heteroatoms. The van der Waals surface area contributed by atoms with E-state index in [4.69, 9.17) is 4.99 Å². The van der Waals surface area contributed by atoms with Crippen molar-refractivity contribution >= 4 is 40.6 Å². The number of nitrogens with one attached hydrogen (secondary N) is 1. The first-order chi connectivity index (χ1) is 11.9. The number of thioether (sulfide) groups is 2. The molecule has 0 saturated carbocycles. The van der Waals surface area contributed by atoms with Gasteiger partial charge in [-0.15, -0.1) is 23.5 Å². The second kappa shape index (κ2) is 9.16. The van der Waals surface area contributed by atoms with Crippen LogP contribution >= 0.6 is 23.5 Å². The van der Waals surface area contributed by atoms with Crippen LogP contribution in [0.3, 0.4) is 0 Å². The van der Waals surface area contributed by atoms with E-state index in [2.05, 4.69) is 81.1 Å². The smallest absolute Gasteiger partial charge is 0.0768 e. The van der Waals surface area contributed by atoms with Crippen LogP contribution in [0.2, 0.25) is 0 Å². The Morgan fingerprint density at radius 3 is 2.16 bits per heavy atom. The van der Waals surface area contributed by atoms with Crippen LogP contribution < -0.4 is 5.32 Å². The third-order valence-corrected chi connectivity index (χ3v) is 5.29. The van der Waals surface area contributed by atoms with Crippen LogP contribution in [0.4, 0.5) is 11.4 Å². The Balaban J connectivity index is 2.22. The van der Waals surface area contributed by atoms with E-state index in [0.717, 1.165) is 22.8 Å². The van der Waals surface area contributed by atoms with E-state index in [1.54, 1.807) is 23.5 Å². The van der Waals surface area contributed by atoms with Crippen LogP contribution in [0.5, 0.6) is 0 Å². The van der Waals surface area contributed by atoms with Crippen molar-refractivity contribution in [2.45, 2.75) is 37.5 Å². The van der Waals surface area contributed by atoms with Gasteiger partial charge in [0.2, 0.25) is 0 Å². The molecule has 0 unspecified atom stereocenters. The lowest BCUT2D eigenvalue weighted by Crippen LogP contribution is -2.00. The first-order valence-corrected chi connectivity index (χ1v) is 10.7. The van der Waals surface area contributed by atoms with Crippen molar-refractivity contribution in [3.63, 3.8) is 0 Å². The molecule has 0 bridgehead atoms. The second-order valence-electron chi connectivity index (χ2n) is 6.08. The van der Waals surface area contributed by atoms with Gasteiger partial charge >= 0.3 is 0 Å². The molecule has 0 radical (unpaired) electrons. The Kier molecular flexibility index (Phi) is 7.21. The number of anilines is 1. The molecule has 0 aliphatic heterocycles. The van der Waals surface area contributed by atoms with E-state index in [0.29, 0.717) is 0 Å². The Morgan fingerprint density at radius 1 is 0.920 bits per heavy atom. The van der Waals surface area contributed by atoms with Gasteiger partial charge in [0, 0.05) is 21.2 Å². The van der Waals surface area contributed by atoms with Crippen LogP contribution in [-0.4, -0.2) is 18.2 Å². The van der Waals surface area contributed by atoms with Gasteiger partial charge < -0.3 is 5.32 Å². The minimum atomic E-state index is 0.988. The molecule has 0 amide bonds. The van der Waals surface area contributed by atoms with Crippen molar-refractivity contribution in [3.8, 4) is 0 Å². The molecule has 0 aliphatic carbocycles. The van der Waals surface area contributed by atoms with Gasteiger partial charge in [-0.05, 0) is 81.7 Å². The molecule has 0 spiro atoms. The van der Waals surface area contributed by atoms with Gasteiger partial charge in [-0.3, -0.25) is 4.99 Å². The lowest BCUT2D eigenvalue weighted by atomic mass is 10.2. The number of aliphatic imine (C=N–C) groups is 1. The van der Waals surface area contributed by atoms with Gasteiger partial charge in [0.25, 0.3) is 0 Å². The summed E-state index contributed by atoms with van der Waals surface area (Å²) in [6, 6.07) is 12.9. The Hall–Kier alpha value is -1.65. The monoisotopic (exact) mass is 370 g/mol. The molecule has 25 heavy (non-hydrogen) atoms. The van der Waals surface area contributed by atoms with Crippen LogP contribution in [0.25, 0.3) is 0 Å². The van der Waals surface area contributed by atoms with Crippen molar-refractivity contribution in [2.75, 3.05) is 17.8 Å². The molecule has 2 aromatic carbocycles. The number of rotatable bonds is 6. The number of aryl methyl sites for hydroxylation is 2. The molecule has 2 rings (SSSR count). The molecule has 132 valence electrons. The first kappa shape index (κ1) is 19.7. The van der Waals surface area contributed by atoms with E-state index in [9.17, 15) is 0 Å². The predicted molar refractivity (Wildman–Crippen MR) is 116 cm³/mol. The maximum Gasteiger partial charge on any atom is 0.0768 e. The van der Waals surface area contributed by atoms with Gasteiger partial charge in [0.15, 0.2) is 0 Å². The fourth-order valence-corrected chi connectivity index (χ4v) is 3.83. The Bertz CT molecular complexity index is 808. The highest BCUT2D eigenvalue weighted by Crippen LogP contribution is 2.30. The molecule has 0 heterocycles. The summed E-state index contributed by atoms with van der Waals surface area (Å²) in [5.41, 5.74) is 6.77. The van der Waals surface area contributed by atoms with E-state index in [-0.39, 0.29) is 0 Å².